The number of amides is 1. The fraction of sp³-hybridized carbons (Fsp3) is 0.320. The van der Waals surface area contributed by atoms with Gasteiger partial charge in [0.1, 0.15) is 11.3 Å². The second kappa shape index (κ2) is 11.4. The number of furan rings is 1. The number of hydrogen-bond acceptors (Lipinski definition) is 4. The fourth-order valence-corrected chi connectivity index (χ4v) is 3.92. The van der Waals surface area contributed by atoms with E-state index in [4.69, 9.17) is 37.1 Å². The van der Waals surface area contributed by atoms with Crippen LogP contribution in [0.1, 0.15) is 32.8 Å². The largest absolute Gasteiger partial charge is 0.493 e. The molecule has 170 valence electrons. The Balaban J connectivity index is 1.94. The van der Waals surface area contributed by atoms with Gasteiger partial charge in [-0.05, 0) is 51.0 Å². The Hall–Kier alpha value is -2.47. The lowest BCUT2D eigenvalue weighted by Gasteiger charge is -2.12. The van der Waals surface area contributed by atoms with Gasteiger partial charge in [-0.15, -0.1) is 0 Å². The highest BCUT2D eigenvalue weighted by Gasteiger charge is 2.17. The van der Waals surface area contributed by atoms with Crippen molar-refractivity contribution in [3.8, 4) is 16.9 Å². The topological polar surface area (TPSA) is 60.7 Å². The number of carbonyl (C=O) groups is 1. The van der Waals surface area contributed by atoms with Gasteiger partial charge < -0.3 is 19.2 Å². The minimum absolute atomic E-state index is 0.158. The van der Waals surface area contributed by atoms with E-state index in [1.54, 1.807) is 24.5 Å². The van der Waals surface area contributed by atoms with Crippen LogP contribution in [0, 0.1) is 0 Å². The van der Waals surface area contributed by atoms with Gasteiger partial charge in [0.15, 0.2) is 0 Å². The first kappa shape index (κ1) is 24.2. The molecule has 5 nitrogen and oxygen atoms in total. The first-order valence-electron chi connectivity index (χ1n) is 10.6. The summed E-state index contributed by atoms with van der Waals surface area (Å²) in [4.78, 5) is 12.4. The molecule has 3 rings (SSSR count). The highest BCUT2D eigenvalue weighted by molar-refractivity contribution is 6.36. The number of rotatable bonds is 10. The summed E-state index contributed by atoms with van der Waals surface area (Å²) in [5.41, 5.74) is 3.94. The summed E-state index contributed by atoms with van der Waals surface area (Å²) in [6.45, 7) is 8.10. The average molecular weight is 476 g/mol. The van der Waals surface area contributed by atoms with Gasteiger partial charge in [-0.3, -0.25) is 4.79 Å². The molecule has 0 spiro atoms. The van der Waals surface area contributed by atoms with E-state index >= 15 is 0 Å². The van der Waals surface area contributed by atoms with Crippen molar-refractivity contribution >= 4 is 45.7 Å². The van der Waals surface area contributed by atoms with Gasteiger partial charge in [0.25, 0.3) is 0 Å². The molecule has 0 saturated carbocycles. The van der Waals surface area contributed by atoms with Gasteiger partial charge in [-0.2, -0.15) is 0 Å². The summed E-state index contributed by atoms with van der Waals surface area (Å²) in [7, 11) is 0. The maximum atomic E-state index is 12.4. The minimum Gasteiger partial charge on any atom is -0.493 e. The standard InChI is InChI=1S/C25H27Cl2NO4/c1-4-30-10-6-9-28-25(29)11-16(3)19-13-20-21(18-8-7-17(26)12-22(18)27)15-32-24(20)14-23(19)31-5-2/h7-8,11-15H,4-6,9-10H2,1-3H3,(H,28,29)/b16-11+. The van der Waals surface area contributed by atoms with Crippen molar-refractivity contribution in [1.29, 1.82) is 0 Å². The van der Waals surface area contributed by atoms with Gasteiger partial charge in [-0.25, -0.2) is 0 Å². The van der Waals surface area contributed by atoms with E-state index < -0.39 is 0 Å². The summed E-state index contributed by atoms with van der Waals surface area (Å²) in [6, 6.07) is 9.17. The smallest absolute Gasteiger partial charge is 0.244 e. The molecule has 0 aliphatic carbocycles. The van der Waals surface area contributed by atoms with Crippen LogP contribution < -0.4 is 10.1 Å². The molecule has 3 aromatic rings. The summed E-state index contributed by atoms with van der Waals surface area (Å²) >= 11 is 12.5. The number of allylic oxidation sites excluding steroid dienone is 1. The monoisotopic (exact) mass is 475 g/mol. The number of fused-ring (bicyclic) bond motifs is 1. The van der Waals surface area contributed by atoms with Crippen LogP contribution in [0.4, 0.5) is 0 Å². The molecule has 0 aliphatic heterocycles. The van der Waals surface area contributed by atoms with Crippen LogP contribution in [0.25, 0.3) is 27.7 Å². The van der Waals surface area contributed by atoms with Gasteiger partial charge in [0.05, 0.1) is 17.9 Å². The number of ether oxygens (including phenoxy) is 2. The molecular formula is C25H27Cl2NO4. The Bertz CT molecular complexity index is 1120. The van der Waals surface area contributed by atoms with Crippen LogP contribution >= 0.6 is 23.2 Å². The van der Waals surface area contributed by atoms with Crippen molar-refractivity contribution in [2.24, 2.45) is 0 Å². The summed E-state index contributed by atoms with van der Waals surface area (Å²) in [6.07, 6.45) is 4.02. The van der Waals surface area contributed by atoms with E-state index in [1.807, 2.05) is 39.0 Å². The van der Waals surface area contributed by atoms with E-state index in [0.717, 1.165) is 34.1 Å². The third-order valence-corrected chi connectivity index (χ3v) is 5.49. The van der Waals surface area contributed by atoms with E-state index in [0.29, 0.717) is 47.7 Å². The molecule has 1 heterocycles. The number of benzene rings is 2. The average Bonchev–Trinajstić information content (AvgIpc) is 3.16. The molecule has 7 heteroatoms. The van der Waals surface area contributed by atoms with Crippen LogP contribution in [-0.2, 0) is 9.53 Å². The molecule has 1 amide bonds. The summed E-state index contributed by atoms with van der Waals surface area (Å²) < 4.78 is 16.9. The van der Waals surface area contributed by atoms with Crippen molar-refractivity contribution in [2.75, 3.05) is 26.4 Å². The molecule has 32 heavy (non-hydrogen) atoms. The van der Waals surface area contributed by atoms with Crippen molar-refractivity contribution in [2.45, 2.75) is 27.2 Å². The maximum Gasteiger partial charge on any atom is 0.244 e. The second-order valence-electron chi connectivity index (χ2n) is 7.22. The van der Waals surface area contributed by atoms with Crippen LogP contribution in [0.3, 0.4) is 0 Å². The third-order valence-electron chi connectivity index (χ3n) is 4.94. The molecule has 0 fully saturated rings. The zero-order valence-corrected chi connectivity index (χ0v) is 20.0. The Labute approximate surface area is 198 Å². The Morgan fingerprint density at radius 3 is 2.66 bits per heavy atom. The first-order chi connectivity index (χ1) is 15.4. The van der Waals surface area contributed by atoms with Crippen molar-refractivity contribution in [3.63, 3.8) is 0 Å². The second-order valence-corrected chi connectivity index (χ2v) is 8.06. The lowest BCUT2D eigenvalue weighted by molar-refractivity contribution is -0.116. The molecule has 2 aromatic carbocycles. The summed E-state index contributed by atoms with van der Waals surface area (Å²) in [5, 5.41) is 4.87. The SMILES string of the molecule is CCOCCCNC(=O)/C=C(\C)c1cc2c(-c3ccc(Cl)cc3Cl)coc2cc1OCC. The minimum atomic E-state index is -0.158. The molecule has 0 aliphatic rings. The fourth-order valence-electron chi connectivity index (χ4n) is 3.41. The van der Waals surface area contributed by atoms with Crippen molar-refractivity contribution < 1.29 is 18.7 Å². The van der Waals surface area contributed by atoms with Gasteiger partial charge >= 0.3 is 0 Å². The molecule has 0 unspecified atom stereocenters. The summed E-state index contributed by atoms with van der Waals surface area (Å²) in [5.74, 6) is 0.496. The quantitative estimate of drug-likeness (QED) is 0.260. The van der Waals surface area contributed by atoms with E-state index in [2.05, 4.69) is 5.32 Å². The predicted octanol–water partition coefficient (Wildman–Crippen LogP) is 6.75. The Kier molecular flexibility index (Phi) is 8.62. The molecule has 0 atom stereocenters. The van der Waals surface area contributed by atoms with E-state index in [-0.39, 0.29) is 5.91 Å². The Morgan fingerprint density at radius 2 is 1.94 bits per heavy atom. The highest BCUT2D eigenvalue weighted by Crippen LogP contribution is 2.40. The normalized spacial score (nSPS) is 11.7. The zero-order valence-electron chi connectivity index (χ0n) is 18.5. The third kappa shape index (κ3) is 5.85. The van der Waals surface area contributed by atoms with Crippen molar-refractivity contribution in [3.05, 3.63) is 58.3 Å². The van der Waals surface area contributed by atoms with Crippen LogP contribution in [-0.4, -0.2) is 32.3 Å². The molecule has 0 radical (unpaired) electrons. The Morgan fingerprint density at radius 1 is 1.12 bits per heavy atom. The molecule has 1 aromatic heterocycles. The number of carbonyl (C=O) groups excluding carboxylic acids is 1. The lowest BCUT2D eigenvalue weighted by atomic mass is 9.99. The van der Waals surface area contributed by atoms with Gasteiger partial charge in [0, 0.05) is 59.0 Å². The van der Waals surface area contributed by atoms with Crippen molar-refractivity contribution in [1.82, 2.24) is 5.32 Å². The zero-order chi connectivity index (χ0) is 23.1. The van der Waals surface area contributed by atoms with Gasteiger partial charge in [-0.1, -0.05) is 29.3 Å². The number of hydrogen-bond donors (Lipinski definition) is 1. The molecular weight excluding hydrogens is 449 g/mol. The highest BCUT2D eigenvalue weighted by atomic mass is 35.5. The lowest BCUT2D eigenvalue weighted by Crippen LogP contribution is -2.23. The molecule has 0 bridgehead atoms. The number of nitrogens with one attached hydrogen (secondary N) is 1. The van der Waals surface area contributed by atoms with Crippen LogP contribution in [0.2, 0.25) is 10.0 Å². The van der Waals surface area contributed by atoms with Gasteiger partial charge in [0.2, 0.25) is 5.91 Å². The van der Waals surface area contributed by atoms with Crippen LogP contribution in [0.15, 0.2) is 47.1 Å². The first-order valence-corrected chi connectivity index (χ1v) is 11.4. The molecule has 1 N–H and O–H groups in total. The van der Waals surface area contributed by atoms with Crippen LogP contribution in [0.5, 0.6) is 5.75 Å². The molecule has 0 saturated heterocycles. The maximum absolute atomic E-state index is 12.4. The number of halogens is 2. The van der Waals surface area contributed by atoms with E-state index in [9.17, 15) is 4.79 Å². The van der Waals surface area contributed by atoms with E-state index in [1.165, 1.54) is 0 Å². The predicted molar refractivity (Wildman–Crippen MR) is 131 cm³/mol.